The van der Waals surface area contributed by atoms with Crippen molar-refractivity contribution in [3.63, 3.8) is 0 Å². The summed E-state index contributed by atoms with van der Waals surface area (Å²) in [6.45, 7) is 4.85. The van der Waals surface area contributed by atoms with Gasteiger partial charge in [0, 0.05) is 6.54 Å². The predicted molar refractivity (Wildman–Crippen MR) is 76.0 cm³/mol. The first kappa shape index (κ1) is 15.2. The molecule has 1 amide bonds. The lowest BCUT2D eigenvalue weighted by Crippen LogP contribution is -2.50. The zero-order valence-corrected chi connectivity index (χ0v) is 12.7. The van der Waals surface area contributed by atoms with Crippen LogP contribution in [0.25, 0.3) is 0 Å². The maximum absolute atomic E-state index is 12.7. The zero-order chi connectivity index (χ0) is 14.7. The van der Waals surface area contributed by atoms with Crippen molar-refractivity contribution in [3.05, 3.63) is 17.1 Å². The summed E-state index contributed by atoms with van der Waals surface area (Å²) in [7, 11) is 0. The average Bonchev–Trinajstić information content (AvgIpc) is 2.45. The quantitative estimate of drug-likeness (QED) is 0.652. The summed E-state index contributed by atoms with van der Waals surface area (Å²) < 4.78 is 5.30. The smallest absolute Gasteiger partial charge is 0.258 e. The van der Waals surface area contributed by atoms with E-state index in [1.54, 1.807) is 4.90 Å². The summed E-state index contributed by atoms with van der Waals surface area (Å²) in [5, 5.41) is 10.1. The molecule has 110 valence electrons. The molecule has 1 aliphatic heterocycles. The summed E-state index contributed by atoms with van der Waals surface area (Å²) in [5.74, 6) is 0.526. The van der Waals surface area contributed by atoms with Crippen molar-refractivity contribution in [1.29, 1.82) is 0 Å². The molecule has 0 saturated carbocycles. The van der Waals surface area contributed by atoms with E-state index in [2.05, 4.69) is 9.97 Å². The fourth-order valence-electron chi connectivity index (χ4n) is 2.29. The largest absolute Gasteiger partial charge is 0.394 e. The average molecular weight is 297 g/mol. The van der Waals surface area contributed by atoms with Crippen LogP contribution in [0.4, 0.5) is 0 Å². The highest BCUT2D eigenvalue weighted by Gasteiger charge is 2.30. The van der Waals surface area contributed by atoms with Crippen LogP contribution in [0, 0.1) is 13.8 Å². The molecule has 0 aromatic carbocycles. The molecular formula is C13H19N3O3S. The standard InChI is InChI=1S/C13H19N3O3S/c1-8-11(12(20-3)15-9(2)14-8)13(18)16-4-5-19-7-10(16)6-17/h10,17H,4-7H2,1-3H3. The van der Waals surface area contributed by atoms with E-state index in [4.69, 9.17) is 4.74 Å². The lowest BCUT2D eigenvalue weighted by atomic mass is 10.1. The fourth-order valence-corrected chi connectivity index (χ4v) is 2.95. The summed E-state index contributed by atoms with van der Waals surface area (Å²) in [6, 6.07) is -0.299. The van der Waals surface area contributed by atoms with E-state index in [1.807, 2.05) is 20.1 Å². The van der Waals surface area contributed by atoms with Crippen molar-refractivity contribution in [1.82, 2.24) is 14.9 Å². The Hall–Kier alpha value is -1.18. The van der Waals surface area contributed by atoms with Gasteiger partial charge in [0.15, 0.2) is 0 Å². The van der Waals surface area contributed by atoms with Gasteiger partial charge in [-0.1, -0.05) is 0 Å². The van der Waals surface area contributed by atoms with Crippen LogP contribution in [0.1, 0.15) is 21.9 Å². The van der Waals surface area contributed by atoms with Gasteiger partial charge in [0.25, 0.3) is 5.91 Å². The van der Waals surface area contributed by atoms with Gasteiger partial charge in [-0.05, 0) is 20.1 Å². The van der Waals surface area contributed by atoms with Crippen LogP contribution < -0.4 is 0 Å². The molecule has 0 aliphatic carbocycles. The minimum atomic E-state index is -0.299. The summed E-state index contributed by atoms with van der Waals surface area (Å²) in [5.41, 5.74) is 1.21. The number of carbonyl (C=O) groups excluding carboxylic acids is 1. The summed E-state index contributed by atoms with van der Waals surface area (Å²) in [6.07, 6.45) is 1.89. The van der Waals surface area contributed by atoms with E-state index in [9.17, 15) is 9.90 Å². The Labute approximate surface area is 122 Å². The number of aliphatic hydroxyl groups excluding tert-OH is 1. The maximum atomic E-state index is 12.7. The molecule has 2 rings (SSSR count). The number of rotatable bonds is 3. The molecule has 0 radical (unpaired) electrons. The zero-order valence-electron chi connectivity index (χ0n) is 11.9. The monoisotopic (exact) mass is 297 g/mol. The number of morpholine rings is 1. The number of ether oxygens (including phenoxy) is 1. The van der Waals surface area contributed by atoms with Crippen LogP contribution in [0.3, 0.4) is 0 Å². The van der Waals surface area contributed by atoms with E-state index in [0.29, 0.717) is 41.9 Å². The number of aromatic nitrogens is 2. The number of aryl methyl sites for hydroxylation is 2. The molecule has 1 aliphatic rings. The molecule has 1 fully saturated rings. The minimum Gasteiger partial charge on any atom is -0.394 e. The Kier molecular flexibility index (Phi) is 4.95. The molecule has 7 heteroatoms. The van der Waals surface area contributed by atoms with Crippen LogP contribution in [-0.2, 0) is 4.74 Å². The highest BCUT2D eigenvalue weighted by Crippen LogP contribution is 2.23. The van der Waals surface area contributed by atoms with Gasteiger partial charge in [0.2, 0.25) is 0 Å². The predicted octanol–water partition coefficient (Wildman–Crippen LogP) is 0.649. The Morgan fingerprint density at radius 1 is 1.50 bits per heavy atom. The van der Waals surface area contributed by atoms with E-state index in [0.717, 1.165) is 0 Å². The van der Waals surface area contributed by atoms with Crippen LogP contribution in [0.5, 0.6) is 0 Å². The fraction of sp³-hybridized carbons (Fsp3) is 0.615. The van der Waals surface area contributed by atoms with E-state index in [1.165, 1.54) is 11.8 Å². The Morgan fingerprint density at radius 2 is 2.25 bits per heavy atom. The molecule has 0 bridgehead atoms. The number of hydrogen-bond donors (Lipinski definition) is 1. The van der Waals surface area contributed by atoms with Crippen molar-refractivity contribution < 1.29 is 14.6 Å². The van der Waals surface area contributed by atoms with Crippen LogP contribution in [-0.4, -0.2) is 64.5 Å². The first-order chi connectivity index (χ1) is 9.58. The molecule has 0 spiro atoms. The molecular weight excluding hydrogens is 278 g/mol. The maximum Gasteiger partial charge on any atom is 0.258 e. The van der Waals surface area contributed by atoms with E-state index < -0.39 is 0 Å². The van der Waals surface area contributed by atoms with Crippen LogP contribution in [0.2, 0.25) is 0 Å². The number of amides is 1. The van der Waals surface area contributed by atoms with Crippen LogP contribution in [0.15, 0.2) is 5.03 Å². The molecule has 1 N–H and O–H groups in total. The van der Waals surface area contributed by atoms with Crippen molar-refractivity contribution in [3.8, 4) is 0 Å². The van der Waals surface area contributed by atoms with Gasteiger partial charge < -0.3 is 14.7 Å². The van der Waals surface area contributed by atoms with Gasteiger partial charge in [0.1, 0.15) is 10.9 Å². The molecule has 1 unspecified atom stereocenters. The highest BCUT2D eigenvalue weighted by atomic mass is 32.2. The highest BCUT2D eigenvalue weighted by molar-refractivity contribution is 7.98. The molecule has 2 heterocycles. The number of thioether (sulfide) groups is 1. The Bertz CT molecular complexity index is 510. The number of carbonyl (C=O) groups is 1. The third kappa shape index (κ3) is 2.94. The summed E-state index contributed by atoms with van der Waals surface area (Å²) in [4.78, 5) is 23.0. The molecule has 6 nitrogen and oxygen atoms in total. The van der Waals surface area contributed by atoms with E-state index in [-0.39, 0.29) is 18.6 Å². The molecule has 1 aromatic rings. The third-order valence-corrected chi connectivity index (χ3v) is 3.96. The number of hydrogen-bond acceptors (Lipinski definition) is 6. The van der Waals surface area contributed by atoms with Gasteiger partial charge >= 0.3 is 0 Å². The van der Waals surface area contributed by atoms with Crippen LogP contribution >= 0.6 is 11.8 Å². The second-order valence-electron chi connectivity index (χ2n) is 4.65. The first-order valence-electron chi connectivity index (χ1n) is 6.47. The Morgan fingerprint density at radius 3 is 2.90 bits per heavy atom. The second-order valence-corrected chi connectivity index (χ2v) is 5.45. The lowest BCUT2D eigenvalue weighted by Gasteiger charge is -2.34. The number of nitrogens with zero attached hydrogens (tertiary/aromatic N) is 3. The van der Waals surface area contributed by atoms with Crippen molar-refractivity contribution >= 4 is 17.7 Å². The number of aliphatic hydroxyl groups is 1. The third-order valence-electron chi connectivity index (χ3n) is 3.27. The van der Waals surface area contributed by atoms with E-state index >= 15 is 0 Å². The van der Waals surface area contributed by atoms with Gasteiger partial charge in [-0.3, -0.25) is 4.79 Å². The topological polar surface area (TPSA) is 75.6 Å². The summed E-state index contributed by atoms with van der Waals surface area (Å²) >= 11 is 1.43. The van der Waals surface area contributed by atoms with Crippen molar-refractivity contribution in [2.75, 3.05) is 32.6 Å². The SMILES string of the molecule is CSc1nc(C)nc(C)c1C(=O)N1CCOCC1CO. The minimum absolute atomic E-state index is 0.105. The normalized spacial score (nSPS) is 19.2. The molecule has 20 heavy (non-hydrogen) atoms. The van der Waals surface area contributed by atoms with Crippen molar-refractivity contribution in [2.45, 2.75) is 24.9 Å². The first-order valence-corrected chi connectivity index (χ1v) is 7.69. The van der Waals surface area contributed by atoms with Gasteiger partial charge in [-0.2, -0.15) is 0 Å². The molecule has 1 saturated heterocycles. The lowest BCUT2D eigenvalue weighted by molar-refractivity contribution is -0.0186. The second kappa shape index (κ2) is 6.51. The van der Waals surface area contributed by atoms with Gasteiger partial charge in [-0.25, -0.2) is 9.97 Å². The Balaban J connectivity index is 2.37. The van der Waals surface area contributed by atoms with Gasteiger partial charge in [0.05, 0.1) is 37.1 Å². The van der Waals surface area contributed by atoms with Crippen molar-refractivity contribution in [2.24, 2.45) is 0 Å². The van der Waals surface area contributed by atoms with Gasteiger partial charge in [-0.15, -0.1) is 11.8 Å². The molecule has 1 atom stereocenters. The molecule has 1 aromatic heterocycles.